The topological polar surface area (TPSA) is 58.6 Å². The molecule has 0 N–H and O–H groups in total. The Morgan fingerprint density at radius 2 is 1.89 bits per heavy atom. The molecule has 2 unspecified atom stereocenters. The molecular formula is C22H38LiO4-3. The normalized spacial score (nSPS) is 30.9. The first-order chi connectivity index (χ1) is 12.3. The monoisotopic (exact) mass is 373 g/mol. The molecule has 0 bridgehead atoms. The van der Waals surface area contributed by atoms with Gasteiger partial charge in [0.25, 0.3) is 5.97 Å². The van der Waals surface area contributed by atoms with Gasteiger partial charge >= 0.3 is 18.9 Å². The van der Waals surface area contributed by atoms with Gasteiger partial charge in [-0.2, -0.15) is 18.9 Å². The van der Waals surface area contributed by atoms with Crippen molar-refractivity contribution in [2.45, 2.75) is 71.0 Å². The maximum Gasteiger partial charge on any atom is 1.00 e. The van der Waals surface area contributed by atoms with Crippen molar-refractivity contribution < 1.29 is 38.2 Å². The Hall–Kier alpha value is -0.0126. The minimum Gasteiger partial charge on any atom is -0.854 e. The van der Waals surface area contributed by atoms with E-state index < -0.39 is 6.10 Å². The SMILES string of the molecule is [CH2-]C[C@@H]([O-])[C@H](C)[C@@H]1CCC[C@@H]2CCC(C)OCC21.[CH2-]C[C@H]([CH2-])C(=O)OC.[Li+]. The van der Waals surface area contributed by atoms with Crippen molar-refractivity contribution in [1.82, 2.24) is 0 Å². The van der Waals surface area contributed by atoms with E-state index in [0.29, 0.717) is 30.8 Å². The zero-order valence-corrected chi connectivity index (χ0v) is 18.0. The van der Waals surface area contributed by atoms with Crippen LogP contribution in [0.2, 0.25) is 0 Å². The molecule has 2 fully saturated rings. The Kier molecular flexibility index (Phi) is 14.0. The summed E-state index contributed by atoms with van der Waals surface area (Å²) in [5.74, 6) is 1.65. The molecule has 0 amide bonds. The van der Waals surface area contributed by atoms with E-state index in [9.17, 15) is 9.90 Å². The van der Waals surface area contributed by atoms with Crippen molar-refractivity contribution in [3.05, 3.63) is 20.8 Å². The summed E-state index contributed by atoms with van der Waals surface area (Å²) in [6.07, 6.45) is 7.28. The van der Waals surface area contributed by atoms with Crippen LogP contribution in [0, 0.1) is 50.4 Å². The zero-order valence-electron chi connectivity index (χ0n) is 18.0. The molecule has 1 saturated heterocycles. The third-order valence-electron chi connectivity index (χ3n) is 6.21. The third kappa shape index (κ3) is 8.48. The molecule has 0 aromatic heterocycles. The molecule has 1 saturated carbocycles. The summed E-state index contributed by atoms with van der Waals surface area (Å²) < 4.78 is 10.3. The van der Waals surface area contributed by atoms with Crippen molar-refractivity contribution in [2.24, 2.45) is 29.6 Å². The average Bonchev–Trinajstić information content (AvgIpc) is 2.87. The molecule has 1 heterocycles. The van der Waals surface area contributed by atoms with Crippen LogP contribution in [0.3, 0.4) is 0 Å². The van der Waals surface area contributed by atoms with Crippen molar-refractivity contribution in [3.8, 4) is 0 Å². The summed E-state index contributed by atoms with van der Waals surface area (Å²) >= 11 is 0. The first-order valence-corrected chi connectivity index (χ1v) is 10.1. The van der Waals surface area contributed by atoms with E-state index in [2.05, 4.69) is 39.4 Å². The molecule has 7 atom stereocenters. The van der Waals surface area contributed by atoms with Gasteiger partial charge in [-0.3, -0.25) is 4.79 Å². The number of rotatable bonds is 5. The Labute approximate surface area is 179 Å². The molecule has 4 nitrogen and oxygen atoms in total. The standard InChI is InChI=1S/C16H28O2.C6H10O2.Li/c1-4-16(17)12(3)14-7-5-6-13-9-8-11(2)18-10-15(13)14;1-4-5(2)6(7)8-3;/h11-16H,1,4-10H2,2-3H3;5H,1-2,4H2,3H3;/q2*-2;+1/t11?,12-,13-,14+,15?,16-;5-;/m10./s1. The van der Waals surface area contributed by atoms with E-state index in [1.54, 1.807) is 0 Å². The molecule has 154 valence electrons. The quantitative estimate of drug-likeness (QED) is 0.403. The van der Waals surface area contributed by atoms with Crippen LogP contribution >= 0.6 is 0 Å². The van der Waals surface area contributed by atoms with Crippen LogP contribution in [0.4, 0.5) is 0 Å². The molecule has 27 heavy (non-hydrogen) atoms. The van der Waals surface area contributed by atoms with Gasteiger partial charge in [0.1, 0.15) is 0 Å². The molecule has 0 aromatic rings. The molecule has 0 spiro atoms. The Bertz CT molecular complexity index is 402. The van der Waals surface area contributed by atoms with E-state index in [4.69, 9.17) is 4.74 Å². The van der Waals surface area contributed by atoms with Crippen molar-refractivity contribution in [3.63, 3.8) is 0 Å². The number of hydrogen-bond donors (Lipinski definition) is 0. The van der Waals surface area contributed by atoms with Gasteiger partial charge in [-0.1, -0.05) is 31.6 Å². The molecule has 1 aliphatic heterocycles. The van der Waals surface area contributed by atoms with Crippen LogP contribution in [0.15, 0.2) is 0 Å². The minimum atomic E-state index is -0.491. The fraction of sp³-hybridized carbons (Fsp3) is 0.818. The number of ether oxygens (including phenoxy) is 2. The Balaban J connectivity index is 0.000000645. The maximum absolute atomic E-state index is 12.0. The number of carbonyl (C=O) groups excluding carboxylic acids is 1. The van der Waals surface area contributed by atoms with E-state index in [1.807, 2.05) is 0 Å². The Morgan fingerprint density at radius 3 is 2.41 bits per heavy atom. The first-order valence-electron chi connectivity index (χ1n) is 10.1. The first kappa shape index (κ1) is 27.0. The van der Waals surface area contributed by atoms with Crippen molar-refractivity contribution >= 4 is 5.97 Å². The Morgan fingerprint density at radius 1 is 1.22 bits per heavy atom. The summed E-state index contributed by atoms with van der Waals surface area (Å²) in [6, 6.07) is 0. The number of fused-ring (bicyclic) bond motifs is 1. The molecule has 0 aromatic carbocycles. The van der Waals surface area contributed by atoms with Gasteiger partial charge in [0.2, 0.25) is 0 Å². The predicted octanol–water partition coefficient (Wildman–Crippen LogP) is 0.645. The maximum atomic E-state index is 12.0. The molecule has 0 radical (unpaired) electrons. The molecule has 1 aliphatic carbocycles. The van der Waals surface area contributed by atoms with Crippen LogP contribution in [-0.2, 0) is 14.3 Å². The van der Waals surface area contributed by atoms with Crippen LogP contribution in [0.1, 0.15) is 58.8 Å². The molecular weight excluding hydrogens is 335 g/mol. The zero-order chi connectivity index (χ0) is 19.7. The summed E-state index contributed by atoms with van der Waals surface area (Å²) in [7, 11) is 1.34. The average molecular weight is 373 g/mol. The van der Waals surface area contributed by atoms with Crippen LogP contribution in [0.5, 0.6) is 0 Å². The molecule has 5 heteroatoms. The van der Waals surface area contributed by atoms with Gasteiger partial charge in [0, 0.05) is 0 Å². The number of carbonyl (C=O) groups is 1. The van der Waals surface area contributed by atoms with Gasteiger partial charge in [-0.15, -0.1) is 0 Å². The van der Waals surface area contributed by atoms with Crippen LogP contribution < -0.4 is 24.0 Å². The fourth-order valence-electron chi connectivity index (χ4n) is 4.29. The smallest absolute Gasteiger partial charge is 0.854 e. The summed E-state index contributed by atoms with van der Waals surface area (Å²) in [5.41, 5.74) is 0. The van der Waals surface area contributed by atoms with Gasteiger partial charge in [-0.25, -0.2) is 0 Å². The number of esters is 1. The largest absolute Gasteiger partial charge is 1.00 e. The van der Waals surface area contributed by atoms with Gasteiger partial charge in [0.05, 0.1) is 19.8 Å². The van der Waals surface area contributed by atoms with Crippen molar-refractivity contribution in [1.29, 1.82) is 0 Å². The van der Waals surface area contributed by atoms with Gasteiger partial charge in [-0.05, 0) is 43.9 Å². The summed E-state index contributed by atoms with van der Waals surface area (Å²) in [5, 5.41) is 12.0. The van der Waals surface area contributed by atoms with E-state index in [1.165, 1.54) is 39.2 Å². The van der Waals surface area contributed by atoms with Crippen LogP contribution in [0.25, 0.3) is 0 Å². The summed E-state index contributed by atoms with van der Waals surface area (Å²) in [4.78, 5) is 10.4. The van der Waals surface area contributed by atoms with Gasteiger partial charge in [0.15, 0.2) is 0 Å². The predicted molar refractivity (Wildman–Crippen MR) is 103 cm³/mol. The second-order valence-electron chi connectivity index (χ2n) is 7.93. The fourth-order valence-corrected chi connectivity index (χ4v) is 4.29. The third-order valence-corrected chi connectivity index (χ3v) is 6.21. The molecule has 2 aliphatic rings. The molecule has 2 rings (SSSR count). The van der Waals surface area contributed by atoms with E-state index >= 15 is 0 Å². The summed E-state index contributed by atoms with van der Waals surface area (Å²) in [6.45, 7) is 16.0. The van der Waals surface area contributed by atoms with E-state index in [0.717, 1.165) is 12.5 Å². The second-order valence-corrected chi connectivity index (χ2v) is 7.93. The number of hydrogen-bond acceptors (Lipinski definition) is 4. The second kappa shape index (κ2) is 14.0. The van der Waals surface area contributed by atoms with E-state index in [-0.39, 0.29) is 36.7 Å². The van der Waals surface area contributed by atoms with Crippen molar-refractivity contribution in [2.75, 3.05) is 13.7 Å². The minimum absolute atomic E-state index is 0. The van der Waals surface area contributed by atoms with Crippen LogP contribution in [-0.4, -0.2) is 31.9 Å². The van der Waals surface area contributed by atoms with Gasteiger partial charge < -0.3 is 35.4 Å². The number of methoxy groups -OCH3 is 1.